The van der Waals surface area contributed by atoms with E-state index in [1.807, 2.05) is 28.1 Å². The van der Waals surface area contributed by atoms with Gasteiger partial charge in [0.1, 0.15) is 0 Å². The fourth-order valence-corrected chi connectivity index (χ4v) is 5.74. The van der Waals surface area contributed by atoms with E-state index >= 15 is 0 Å². The predicted molar refractivity (Wildman–Crippen MR) is 127 cm³/mol. The summed E-state index contributed by atoms with van der Waals surface area (Å²) >= 11 is 0. The Morgan fingerprint density at radius 2 is 1.28 bits per heavy atom. The molecule has 0 aromatic heterocycles. The molecule has 0 saturated heterocycles. The van der Waals surface area contributed by atoms with Crippen molar-refractivity contribution in [2.75, 3.05) is 27.7 Å². The van der Waals surface area contributed by atoms with E-state index in [1.54, 1.807) is 0 Å². The Morgan fingerprint density at radius 3 is 1.76 bits per heavy atom. The number of rotatable bonds is 20. The van der Waals surface area contributed by atoms with E-state index in [-0.39, 0.29) is 5.78 Å². The number of unbranched alkanes of at least 4 members (excludes halogenated alkanes) is 11. The van der Waals surface area contributed by atoms with Gasteiger partial charge in [0.15, 0.2) is 5.78 Å². The van der Waals surface area contributed by atoms with Crippen LogP contribution in [0.15, 0.2) is 12.2 Å². The van der Waals surface area contributed by atoms with Crippen molar-refractivity contribution in [1.29, 1.82) is 0 Å². The highest BCUT2D eigenvalue weighted by atomic mass is 31.2. The number of quaternary nitrogens is 1. The summed E-state index contributed by atoms with van der Waals surface area (Å²) in [6, 6.07) is 0. The van der Waals surface area contributed by atoms with Gasteiger partial charge in [0.05, 0.1) is 27.7 Å². The van der Waals surface area contributed by atoms with Crippen LogP contribution in [-0.2, 0) is 9.09 Å². The molecule has 1 N–H and O–H groups in total. The van der Waals surface area contributed by atoms with Crippen molar-refractivity contribution >= 4 is 7.60 Å². The molecule has 0 aliphatic rings. The average molecular weight is 433 g/mol. The number of hydrogen-bond acceptors (Lipinski definition) is 2. The maximum Gasteiger partial charge on any atom is 0.385 e. The topological polar surface area (TPSA) is 46.5 Å². The van der Waals surface area contributed by atoms with Crippen molar-refractivity contribution in [1.82, 2.24) is 0 Å². The molecule has 4 nitrogen and oxygen atoms in total. The van der Waals surface area contributed by atoms with E-state index in [4.69, 9.17) is 4.52 Å². The molecule has 0 amide bonds. The molecule has 0 fully saturated rings. The van der Waals surface area contributed by atoms with Gasteiger partial charge < -0.3 is 13.9 Å². The van der Waals surface area contributed by atoms with Crippen LogP contribution in [0.3, 0.4) is 0 Å². The van der Waals surface area contributed by atoms with Crippen molar-refractivity contribution < 1.29 is 18.5 Å². The van der Waals surface area contributed by atoms with Crippen LogP contribution in [0.25, 0.3) is 0 Å². The van der Waals surface area contributed by atoms with Crippen LogP contribution >= 0.6 is 7.60 Å². The molecule has 174 valence electrons. The molecule has 5 heteroatoms. The lowest BCUT2D eigenvalue weighted by Crippen LogP contribution is -2.45. The summed E-state index contributed by atoms with van der Waals surface area (Å²) < 4.78 is 18.5. The Kier molecular flexibility index (Phi) is 17.4. The van der Waals surface area contributed by atoms with E-state index in [0.29, 0.717) is 17.5 Å². The molecule has 29 heavy (non-hydrogen) atoms. The molecular weight excluding hydrogens is 381 g/mol. The zero-order valence-electron chi connectivity index (χ0n) is 20.2. The summed E-state index contributed by atoms with van der Waals surface area (Å²) in [5, 5.41) is 0. The van der Waals surface area contributed by atoms with Gasteiger partial charge >= 0.3 is 7.60 Å². The maximum atomic E-state index is 12.6. The van der Waals surface area contributed by atoms with Crippen LogP contribution in [-0.4, -0.2) is 42.9 Å². The Balaban J connectivity index is 3.68. The van der Waals surface area contributed by atoms with Gasteiger partial charge in [0.2, 0.25) is 0 Å². The minimum Gasteiger partial charge on any atom is -0.320 e. The second-order valence-corrected chi connectivity index (χ2v) is 11.3. The normalized spacial score (nSPS) is 15.7. The molecule has 0 aliphatic heterocycles. The highest BCUT2D eigenvalue weighted by Gasteiger charge is 2.41. The molecule has 0 bridgehead atoms. The van der Waals surface area contributed by atoms with Gasteiger partial charge in [0, 0.05) is 6.42 Å². The molecule has 0 saturated carbocycles. The third-order valence-electron chi connectivity index (χ3n) is 5.50. The van der Waals surface area contributed by atoms with Crippen molar-refractivity contribution in [2.24, 2.45) is 0 Å². The Labute approximate surface area is 182 Å². The largest absolute Gasteiger partial charge is 0.385 e. The minimum atomic E-state index is -3.58. The minimum absolute atomic E-state index is 0.348. The molecule has 0 spiro atoms. The lowest BCUT2D eigenvalue weighted by atomic mass is 10.1. The predicted octanol–water partition coefficient (Wildman–Crippen LogP) is 7.67. The first-order valence-electron chi connectivity index (χ1n) is 12.2. The summed E-state index contributed by atoms with van der Waals surface area (Å²) in [4.78, 5) is 10.4. The van der Waals surface area contributed by atoms with E-state index < -0.39 is 7.60 Å². The molecule has 0 aromatic rings. The monoisotopic (exact) mass is 432 g/mol. The van der Waals surface area contributed by atoms with Crippen LogP contribution in [0.1, 0.15) is 110 Å². The number of nitrogens with zero attached hydrogens (tertiary/aromatic N) is 1. The van der Waals surface area contributed by atoms with Gasteiger partial charge in [-0.15, -0.1) is 0 Å². The Bertz CT molecular complexity index is 446. The van der Waals surface area contributed by atoms with Crippen molar-refractivity contribution in [3.05, 3.63) is 12.2 Å². The number of allylic oxidation sites excluding steroid dienone is 2. The van der Waals surface area contributed by atoms with E-state index in [1.165, 1.54) is 64.2 Å². The zero-order valence-corrected chi connectivity index (χ0v) is 21.1. The molecule has 0 aromatic carbocycles. The first-order chi connectivity index (χ1) is 13.8. The fourth-order valence-electron chi connectivity index (χ4n) is 3.71. The van der Waals surface area contributed by atoms with Gasteiger partial charge in [-0.2, -0.15) is 0 Å². The van der Waals surface area contributed by atoms with E-state index in [2.05, 4.69) is 19.1 Å². The Morgan fingerprint density at radius 1 is 0.793 bits per heavy atom. The second-order valence-electron chi connectivity index (χ2n) is 9.37. The maximum absolute atomic E-state index is 12.6. The first-order valence-corrected chi connectivity index (χ1v) is 13.8. The van der Waals surface area contributed by atoms with Crippen molar-refractivity contribution in [3.8, 4) is 0 Å². The summed E-state index contributed by atoms with van der Waals surface area (Å²) in [6.07, 6.45) is 22.7. The van der Waals surface area contributed by atoms with Gasteiger partial charge in [0.25, 0.3) is 0 Å². The molecule has 0 heterocycles. The van der Waals surface area contributed by atoms with Crippen LogP contribution < -0.4 is 0 Å². The van der Waals surface area contributed by atoms with Crippen LogP contribution in [0.4, 0.5) is 0 Å². The van der Waals surface area contributed by atoms with Crippen molar-refractivity contribution in [2.45, 2.75) is 116 Å². The van der Waals surface area contributed by atoms with Gasteiger partial charge in [-0.3, -0.25) is 4.57 Å². The van der Waals surface area contributed by atoms with E-state index in [0.717, 1.165) is 25.7 Å². The van der Waals surface area contributed by atoms with Crippen LogP contribution in [0.2, 0.25) is 0 Å². The van der Waals surface area contributed by atoms with Crippen molar-refractivity contribution in [3.63, 3.8) is 0 Å². The second kappa shape index (κ2) is 17.5. The molecule has 2 unspecified atom stereocenters. The quantitative estimate of drug-likeness (QED) is 0.0929. The molecule has 0 radical (unpaired) electrons. The summed E-state index contributed by atoms with van der Waals surface area (Å²) in [7, 11) is 2.30. The summed E-state index contributed by atoms with van der Waals surface area (Å²) in [5.41, 5.74) is 0. The third-order valence-corrected chi connectivity index (χ3v) is 7.76. The average Bonchev–Trinajstić information content (AvgIpc) is 2.64. The van der Waals surface area contributed by atoms with Gasteiger partial charge in [-0.1, -0.05) is 83.8 Å². The molecule has 0 aliphatic carbocycles. The van der Waals surface area contributed by atoms with Gasteiger partial charge in [-0.05, 0) is 32.1 Å². The lowest BCUT2D eigenvalue weighted by molar-refractivity contribution is -0.883. The standard InChI is InChI=1S/C24H50NO3P/c1-6-8-9-10-11-12-13-14-15-16-17-18-19-20-21-23-28-29(26,27)24(22-7-2)25(3,4)5/h18-19,24H,6-17,20-23H2,1-5H3/p+1. The summed E-state index contributed by atoms with van der Waals surface area (Å²) in [6.45, 7) is 4.67. The highest BCUT2D eigenvalue weighted by molar-refractivity contribution is 7.53. The van der Waals surface area contributed by atoms with Gasteiger partial charge in [-0.25, -0.2) is 0 Å². The van der Waals surface area contributed by atoms with Crippen LogP contribution in [0.5, 0.6) is 0 Å². The van der Waals surface area contributed by atoms with E-state index in [9.17, 15) is 9.46 Å². The molecule has 0 rings (SSSR count). The third kappa shape index (κ3) is 16.2. The zero-order chi connectivity index (χ0) is 22.0. The Hall–Kier alpha value is -0.150. The van der Waals surface area contributed by atoms with Crippen LogP contribution in [0, 0.1) is 0 Å². The SMILES string of the molecule is CCCCCCCCCCCCC=CCCCOP(=O)(O)C(CCC)[N+](C)(C)C. The molecule has 2 atom stereocenters. The smallest absolute Gasteiger partial charge is 0.320 e. The fraction of sp³-hybridized carbons (Fsp3) is 0.917. The highest BCUT2D eigenvalue weighted by Crippen LogP contribution is 2.51. The number of hydrogen-bond donors (Lipinski definition) is 1. The summed E-state index contributed by atoms with van der Waals surface area (Å²) in [5.74, 6) is -0.348. The molecular formula is C24H51NO3P+. The first kappa shape index (κ1) is 28.9. The lowest BCUT2D eigenvalue weighted by Gasteiger charge is -2.35.